The third-order valence-corrected chi connectivity index (χ3v) is 4.55. The molecule has 5 nitrogen and oxygen atoms in total. The Morgan fingerprint density at radius 2 is 2.47 bits per heavy atom. The minimum absolute atomic E-state index is 0.122. The Morgan fingerprint density at radius 1 is 1.58 bits per heavy atom. The summed E-state index contributed by atoms with van der Waals surface area (Å²) in [4.78, 5) is 12.9. The molecule has 0 saturated carbocycles. The number of thiophene rings is 1. The predicted molar refractivity (Wildman–Crippen MR) is 77.2 cm³/mol. The molecule has 3 rings (SSSR count). The van der Waals surface area contributed by atoms with Gasteiger partial charge in [0.15, 0.2) is 5.82 Å². The molecular formula is C12H12BrN3O2S. The topological polar surface area (TPSA) is 67.0 Å². The lowest BCUT2D eigenvalue weighted by atomic mass is 10.2. The fourth-order valence-electron chi connectivity index (χ4n) is 1.96. The Balaban J connectivity index is 1.69. The van der Waals surface area contributed by atoms with Gasteiger partial charge in [0.2, 0.25) is 0 Å². The van der Waals surface area contributed by atoms with Crippen LogP contribution in [-0.4, -0.2) is 28.8 Å². The Kier molecular flexibility index (Phi) is 3.67. The van der Waals surface area contributed by atoms with Crippen molar-refractivity contribution in [3.8, 4) is 10.6 Å². The van der Waals surface area contributed by atoms with Crippen LogP contribution in [0.15, 0.2) is 22.0 Å². The van der Waals surface area contributed by atoms with Gasteiger partial charge in [-0.25, -0.2) is 0 Å². The number of hydrogen-bond donors (Lipinski definition) is 2. The number of hydrogen-bond acceptors (Lipinski definition) is 4. The second kappa shape index (κ2) is 5.44. The van der Waals surface area contributed by atoms with E-state index < -0.39 is 0 Å². The van der Waals surface area contributed by atoms with E-state index in [4.69, 9.17) is 4.74 Å². The highest BCUT2D eigenvalue weighted by atomic mass is 79.9. The van der Waals surface area contributed by atoms with Gasteiger partial charge in [0, 0.05) is 12.7 Å². The summed E-state index contributed by atoms with van der Waals surface area (Å²) in [7, 11) is 0. The molecule has 1 unspecified atom stereocenters. The fraction of sp³-hybridized carbons (Fsp3) is 0.333. The van der Waals surface area contributed by atoms with Crippen LogP contribution in [0.25, 0.3) is 10.6 Å². The standard InChI is InChI=1S/C12H12BrN3O2S/c13-10-4-3-9(19-10)7-6-11(16-15-7)14-12(17)8-2-1-5-18-8/h3-4,6,8H,1-2,5H2,(H2,14,15,16,17). The van der Waals surface area contributed by atoms with E-state index >= 15 is 0 Å². The number of aromatic nitrogens is 2. The number of carbonyl (C=O) groups excluding carboxylic acids is 1. The van der Waals surface area contributed by atoms with Crippen molar-refractivity contribution in [2.24, 2.45) is 0 Å². The SMILES string of the molecule is O=C(Nc1cc(-c2ccc(Br)s2)[nH]n1)C1CCCO1. The monoisotopic (exact) mass is 341 g/mol. The van der Waals surface area contributed by atoms with Crippen LogP contribution in [0.4, 0.5) is 5.82 Å². The summed E-state index contributed by atoms with van der Waals surface area (Å²) >= 11 is 5.03. The molecule has 1 fully saturated rings. The third-order valence-electron chi connectivity index (χ3n) is 2.89. The molecule has 0 aromatic carbocycles. The van der Waals surface area contributed by atoms with Gasteiger partial charge in [0.25, 0.3) is 5.91 Å². The molecular weight excluding hydrogens is 330 g/mol. The summed E-state index contributed by atoms with van der Waals surface area (Å²) in [6.07, 6.45) is 1.38. The molecule has 0 aliphatic carbocycles. The number of nitrogens with zero attached hydrogens (tertiary/aromatic N) is 1. The zero-order valence-electron chi connectivity index (χ0n) is 9.98. The average molecular weight is 342 g/mol. The van der Waals surface area contributed by atoms with Crippen LogP contribution in [0, 0.1) is 0 Å². The molecule has 100 valence electrons. The Hall–Kier alpha value is -1.18. The Bertz CT molecular complexity index is 589. The minimum atomic E-state index is -0.337. The summed E-state index contributed by atoms with van der Waals surface area (Å²) in [6, 6.07) is 5.80. The highest BCUT2D eigenvalue weighted by Crippen LogP contribution is 2.31. The number of aromatic amines is 1. The molecule has 1 saturated heterocycles. The first-order valence-electron chi connectivity index (χ1n) is 5.96. The van der Waals surface area contributed by atoms with Crippen LogP contribution in [0.5, 0.6) is 0 Å². The molecule has 3 heterocycles. The van der Waals surface area contributed by atoms with Crippen molar-refractivity contribution in [2.75, 3.05) is 11.9 Å². The normalized spacial score (nSPS) is 18.7. The number of rotatable bonds is 3. The van der Waals surface area contributed by atoms with Crippen molar-refractivity contribution < 1.29 is 9.53 Å². The van der Waals surface area contributed by atoms with E-state index in [2.05, 4.69) is 31.4 Å². The molecule has 0 radical (unpaired) electrons. The van der Waals surface area contributed by atoms with Gasteiger partial charge >= 0.3 is 0 Å². The Labute approximate surface area is 122 Å². The third kappa shape index (κ3) is 2.88. The van der Waals surface area contributed by atoms with Crippen LogP contribution in [0.3, 0.4) is 0 Å². The number of halogens is 1. The van der Waals surface area contributed by atoms with Crippen LogP contribution in [0.1, 0.15) is 12.8 Å². The maximum atomic E-state index is 11.9. The van der Waals surface area contributed by atoms with E-state index in [1.54, 1.807) is 11.3 Å². The summed E-state index contributed by atoms with van der Waals surface area (Å²) < 4.78 is 6.38. The first-order valence-corrected chi connectivity index (χ1v) is 7.57. The smallest absolute Gasteiger partial charge is 0.254 e. The molecule has 7 heteroatoms. The minimum Gasteiger partial charge on any atom is -0.368 e. The van der Waals surface area contributed by atoms with Gasteiger partial charge < -0.3 is 10.1 Å². The van der Waals surface area contributed by atoms with Crippen LogP contribution in [-0.2, 0) is 9.53 Å². The second-order valence-electron chi connectivity index (χ2n) is 4.26. The Morgan fingerprint density at radius 3 is 3.16 bits per heavy atom. The molecule has 1 aliphatic heterocycles. The van der Waals surface area contributed by atoms with Crippen LogP contribution < -0.4 is 5.32 Å². The molecule has 2 N–H and O–H groups in total. The van der Waals surface area contributed by atoms with Gasteiger partial charge in [0.05, 0.1) is 14.4 Å². The van der Waals surface area contributed by atoms with Gasteiger partial charge in [-0.15, -0.1) is 11.3 Å². The number of anilines is 1. The fourth-order valence-corrected chi connectivity index (χ4v) is 3.31. The lowest BCUT2D eigenvalue weighted by molar-refractivity contribution is -0.124. The summed E-state index contributed by atoms with van der Waals surface area (Å²) in [6.45, 7) is 0.660. The summed E-state index contributed by atoms with van der Waals surface area (Å²) in [5.41, 5.74) is 0.887. The number of amides is 1. The highest BCUT2D eigenvalue weighted by molar-refractivity contribution is 9.11. The number of nitrogens with one attached hydrogen (secondary N) is 2. The van der Waals surface area contributed by atoms with E-state index in [0.29, 0.717) is 12.4 Å². The van der Waals surface area contributed by atoms with Gasteiger partial charge in [-0.05, 0) is 40.9 Å². The van der Waals surface area contributed by atoms with Crippen LogP contribution in [0.2, 0.25) is 0 Å². The molecule has 19 heavy (non-hydrogen) atoms. The quantitative estimate of drug-likeness (QED) is 0.901. The van der Waals surface area contributed by atoms with E-state index in [0.717, 1.165) is 27.2 Å². The zero-order valence-corrected chi connectivity index (χ0v) is 12.4. The van der Waals surface area contributed by atoms with E-state index in [-0.39, 0.29) is 12.0 Å². The molecule has 1 aliphatic rings. The summed E-state index contributed by atoms with van der Waals surface area (Å²) in [5.74, 6) is 0.405. The second-order valence-corrected chi connectivity index (χ2v) is 6.72. The lowest BCUT2D eigenvalue weighted by Gasteiger charge is -2.07. The summed E-state index contributed by atoms with van der Waals surface area (Å²) in [5, 5.41) is 9.77. The molecule has 0 bridgehead atoms. The van der Waals surface area contributed by atoms with Gasteiger partial charge in [-0.2, -0.15) is 5.10 Å². The van der Waals surface area contributed by atoms with Crippen molar-refractivity contribution in [2.45, 2.75) is 18.9 Å². The maximum Gasteiger partial charge on any atom is 0.254 e. The number of ether oxygens (including phenoxy) is 1. The first-order chi connectivity index (χ1) is 9.22. The van der Waals surface area contributed by atoms with Crippen molar-refractivity contribution >= 4 is 39.0 Å². The van der Waals surface area contributed by atoms with Crippen molar-refractivity contribution in [3.63, 3.8) is 0 Å². The molecule has 0 spiro atoms. The van der Waals surface area contributed by atoms with E-state index in [1.165, 1.54) is 0 Å². The highest BCUT2D eigenvalue weighted by Gasteiger charge is 2.24. The number of carbonyl (C=O) groups is 1. The van der Waals surface area contributed by atoms with Crippen molar-refractivity contribution in [1.29, 1.82) is 0 Å². The van der Waals surface area contributed by atoms with E-state index in [9.17, 15) is 4.79 Å². The first kappa shape index (κ1) is 12.8. The average Bonchev–Trinajstić information content (AvgIpc) is 3.07. The number of H-pyrrole nitrogens is 1. The molecule has 2 aromatic heterocycles. The molecule has 1 atom stereocenters. The van der Waals surface area contributed by atoms with Crippen LogP contribution >= 0.6 is 27.3 Å². The van der Waals surface area contributed by atoms with Gasteiger partial charge in [-0.1, -0.05) is 0 Å². The molecule has 2 aromatic rings. The van der Waals surface area contributed by atoms with Crippen molar-refractivity contribution in [3.05, 3.63) is 22.0 Å². The van der Waals surface area contributed by atoms with E-state index in [1.807, 2.05) is 18.2 Å². The van der Waals surface area contributed by atoms with Gasteiger partial charge in [-0.3, -0.25) is 9.89 Å². The van der Waals surface area contributed by atoms with Crippen molar-refractivity contribution in [1.82, 2.24) is 10.2 Å². The largest absolute Gasteiger partial charge is 0.368 e. The maximum absolute atomic E-state index is 11.9. The predicted octanol–water partition coefficient (Wildman–Crippen LogP) is 3.02. The van der Waals surface area contributed by atoms with Gasteiger partial charge in [0.1, 0.15) is 6.10 Å². The lowest BCUT2D eigenvalue weighted by Crippen LogP contribution is -2.26. The zero-order chi connectivity index (χ0) is 13.2. The molecule has 1 amide bonds.